The highest BCUT2D eigenvalue weighted by molar-refractivity contribution is 9.10. The van der Waals surface area contributed by atoms with E-state index in [2.05, 4.69) is 57.5 Å². The van der Waals surface area contributed by atoms with Gasteiger partial charge in [-0.1, -0.05) is 15.9 Å². The van der Waals surface area contributed by atoms with Crippen LogP contribution in [0.5, 0.6) is 0 Å². The Kier molecular flexibility index (Phi) is 2.55. The molecule has 2 nitrogen and oxygen atoms in total. The molecule has 0 aliphatic heterocycles. The molecule has 1 aromatic carbocycles. The van der Waals surface area contributed by atoms with Crippen molar-refractivity contribution >= 4 is 59.0 Å². The Morgan fingerprint density at radius 3 is 2.95 bits per heavy atom. The molecule has 3 heterocycles. The summed E-state index contributed by atoms with van der Waals surface area (Å²) in [6.07, 6.45) is 0. The molecule has 94 valence electrons. The van der Waals surface area contributed by atoms with Gasteiger partial charge < -0.3 is 4.98 Å². The van der Waals surface area contributed by atoms with Gasteiger partial charge in [-0.3, -0.25) is 0 Å². The van der Waals surface area contributed by atoms with Crippen molar-refractivity contribution in [1.82, 2.24) is 9.97 Å². The van der Waals surface area contributed by atoms with Crippen LogP contribution in [-0.2, 0) is 0 Å². The maximum absolute atomic E-state index is 4.74. The van der Waals surface area contributed by atoms with Crippen LogP contribution < -0.4 is 0 Å². The maximum Gasteiger partial charge on any atom is 0.148 e. The lowest BCUT2D eigenvalue weighted by Gasteiger charge is -1.94. The molecule has 5 heteroatoms. The van der Waals surface area contributed by atoms with Crippen molar-refractivity contribution in [1.29, 1.82) is 0 Å². The van der Waals surface area contributed by atoms with Crippen LogP contribution in [0.1, 0.15) is 5.56 Å². The molecule has 0 saturated heterocycles. The number of thiophene rings is 2. The number of hydrogen-bond acceptors (Lipinski definition) is 3. The molecule has 0 aliphatic rings. The number of H-pyrrole nitrogens is 1. The Hall–Kier alpha value is -1.17. The minimum atomic E-state index is 0.963. The first kappa shape index (κ1) is 11.6. The summed E-state index contributed by atoms with van der Waals surface area (Å²) in [6, 6.07) is 8.56. The lowest BCUT2D eigenvalue weighted by Crippen LogP contribution is -1.76. The molecule has 1 N–H and O–H groups in total. The van der Waals surface area contributed by atoms with Crippen molar-refractivity contribution in [3.63, 3.8) is 0 Å². The molecule has 0 radical (unpaired) electrons. The van der Waals surface area contributed by atoms with Crippen molar-refractivity contribution in [2.24, 2.45) is 0 Å². The van der Waals surface area contributed by atoms with Gasteiger partial charge in [0, 0.05) is 13.9 Å². The van der Waals surface area contributed by atoms with Crippen molar-refractivity contribution in [3.8, 4) is 10.7 Å². The summed E-state index contributed by atoms with van der Waals surface area (Å²) in [5.74, 6) is 0.963. The summed E-state index contributed by atoms with van der Waals surface area (Å²) in [5.41, 5.74) is 3.32. The van der Waals surface area contributed by atoms with Crippen LogP contribution in [0.15, 0.2) is 34.1 Å². The Balaban J connectivity index is 1.95. The molecule has 0 unspecified atom stereocenters. The molecule has 0 fully saturated rings. The van der Waals surface area contributed by atoms with E-state index in [1.165, 1.54) is 19.8 Å². The Morgan fingerprint density at radius 1 is 1.21 bits per heavy atom. The molecule has 0 spiro atoms. The molecular weight excluding hydrogens is 340 g/mol. The number of nitrogens with one attached hydrogen (secondary N) is 1. The molecule has 4 aromatic rings. The molecular formula is C14H9BrN2S2. The predicted molar refractivity (Wildman–Crippen MR) is 87.2 cm³/mol. The van der Waals surface area contributed by atoms with Crippen molar-refractivity contribution in [3.05, 3.63) is 39.7 Å². The molecule has 19 heavy (non-hydrogen) atoms. The van der Waals surface area contributed by atoms with Crippen LogP contribution in [0.25, 0.3) is 31.1 Å². The predicted octanol–water partition coefficient (Wildman–Crippen LogP) is 5.58. The number of aryl methyl sites for hydroxylation is 1. The highest BCUT2D eigenvalue weighted by atomic mass is 79.9. The van der Waals surface area contributed by atoms with Gasteiger partial charge in [-0.2, -0.15) is 0 Å². The number of nitrogens with zero attached hydrogens (tertiary/aromatic N) is 1. The summed E-state index contributed by atoms with van der Waals surface area (Å²) in [7, 11) is 0. The van der Waals surface area contributed by atoms with Gasteiger partial charge in [0.2, 0.25) is 0 Å². The van der Waals surface area contributed by atoms with Gasteiger partial charge in [0.05, 0.1) is 15.9 Å². The van der Waals surface area contributed by atoms with Crippen LogP contribution in [0.4, 0.5) is 0 Å². The lowest BCUT2D eigenvalue weighted by atomic mass is 10.2. The zero-order valence-corrected chi connectivity index (χ0v) is 13.2. The normalized spacial score (nSPS) is 11.7. The Bertz CT molecular complexity index is 872. The van der Waals surface area contributed by atoms with Crippen molar-refractivity contribution in [2.75, 3.05) is 0 Å². The second-order valence-electron chi connectivity index (χ2n) is 4.46. The summed E-state index contributed by atoms with van der Waals surface area (Å²) in [6.45, 7) is 2.09. The highest BCUT2D eigenvalue weighted by Gasteiger charge is 2.11. The number of aromatic nitrogens is 2. The van der Waals surface area contributed by atoms with E-state index in [9.17, 15) is 0 Å². The molecule has 0 amide bonds. The number of hydrogen-bond donors (Lipinski definition) is 1. The number of imidazole rings is 1. The summed E-state index contributed by atoms with van der Waals surface area (Å²) in [4.78, 5) is 9.36. The van der Waals surface area contributed by atoms with E-state index in [4.69, 9.17) is 4.98 Å². The van der Waals surface area contributed by atoms with Crippen molar-refractivity contribution in [2.45, 2.75) is 6.92 Å². The maximum atomic E-state index is 4.74. The van der Waals surface area contributed by atoms with Gasteiger partial charge in [0.1, 0.15) is 5.82 Å². The fourth-order valence-corrected chi connectivity index (χ4v) is 4.87. The van der Waals surface area contributed by atoms with Gasteiger partial charge >= 0.3 is 0 Å². The second-order valence-corrected chi connectivity index (χ2v) is 7.41. The summed E-state index contributed by atoms with van der Waals surface area (Å²) < 4.78 is 3.75. The average molecular weight is 349 g/mol. The van der Waals surface area contributed by atoms with Gasteiger partial charge in [-0.15, -0.1) is 22.7 Å². The summed E-state index contributed by atoms with van der Waals surface area (Å²) in [5, 5.41) is 2.13. The van der Waals surface area contributed by atoms with Gasteiger partial charge in [0.25, 0.3) is 0 Å². The van der Waals surface area contributed by atoms with E-state index in [0.29, 0.717) is 0 Å². The SMILES string of the molecule is Cc1cc(Br)cc2[nH]c(-c3cc4sccc4s3)nc12. The Labute approximate surface area is 126 Å². The zero-order valence-electron chi connectivity index (χ0n) is 10.0. The van der Waals surface area contributed by atoms with E-state index >= 15 is 0 Å². The first-order chi connectivity index (χ1) is 9.20. The quantitative estimate of drug-likeness (QED) is 0.478. The molecule has 3 aromatic heterocycles. The third-order valence-electron chi connectivity index (χ3n) is 3.11. The third-order valence-corrected chi connectivity index (χ3v) is 5.67. The second kappa shape index (κ2) is 4.16. The number of halogens is 1. The van der Waals surface area contributed by atoms with Gasteiger partial charge in [0.15, 0.2) is 0 Å². The molecule has 0 atom stereocenters. The van der Waals surface area contributed by atoms with Crippen LogP contribution >= 0.6 is 38.6 Å². The number of aromatic amines is 1. The standard InChI is InChI=1S/C14H9BrN2S2/c1-7-4-8(15)5-9-13(7)17-14(16-9)12-6-11-10(19-12)2-3-18-11/h2-6H,1H3,(H,16,17). The lowest BCUT2D eigenvalue weighted by molar-refractivity contribution is 1.35. The number of rotatable bonds is 1. The number of fused-ring (bicyclic) bond motifs is 2. The van der Waals surface area contributed by atoms with Gasteiger partial charge in [-0.05, 0) is 42.1 Å². The topological polar surface area (TPSA) is 28.7 Å². The van der Waals surface area contributed by atoms with Crippen molar-refractivity contribution < 1.29 is 0 Å². The smallest absolute Gasteiger partial charge is 0.148 e. The molecule has 4 rings (SSSR count). The minimum Gasteiger partial charge on any atom is -0.337 e. The largest absolute Gasteiger partial charge is 0.337 e. The average Bonchev–Trinajstić information content (AvgIpc) is 2.98. The van der Waals surface area contributed by atoms with Crippen LogP contribution in [0.2, 0.25) is 0 Å². The van der Waals surface area contributed by atoms with Crippen LogP contribution in [0, 0.1) is 6.92 Å². The molecule has 0 bridgehead atoms. The molecule has 0 aliphatic carbocycles. The highest BCUT2D eigenvalue weighted by Crippen LogP contribution is 2.36. The first-order valence-electron chi connectivity index (χ1n) is 5.84. The van der Waals surface area contributed by atoms with E-state index in [-0.39, 0.29) is 0 Å². The van der Waals surface area contributed by atoms with E-state index < -0.39 is 0 Å². The fourth-order valence-electron chi connectivity index (χ4n) is 2.25. The number of benzene rings is 1. The third kappa shape index (κ3) is 1.84. The van der Waals surface area contributed by atoms with E-state index in [1.807, 2.05) is 0 Å². The van der Waals surface area contributed by atoms with E-state index in [0.717, 1.165) is 21.3 Å². The zero-order chi connectivity index (χ0) is 13.0. The monoisotopic (exact) mass is 348 g/mol. The first-order valence-corrected chi connectivity index (χ1v) is 8.33. The van der Waals surface area contributed by atoms with Crippen LogP contribution in [-0.4, -0.2) is 9.97 Å². The minimum absolute atomic E-state index is 0.963. The van der Waals surface area contributed by atoms with Gasteiger partial charge in [-0.25, -0.2) is 4.98 Å². The van der Waals surface area contributed by atoms with E-state index in [1.54, 1.807) is 22.7 Å². The Morgan fingerprint density at radius 2 is 2.11 bits per heavy atom. The summed E-state index contributed by atoms with van der Waals surface area (Å²) >= 11 is 7.09. The fraction of sp³-hybridized carbons (Fsp3) is 0.0714. The van der Waals surface area contributed by atoms with Crippen LogP contribution in [0.3, 0.4) is 0 Å². The molecule has 0 saturated carbocycles.